The third kappa shape index (κ3) is 5.44. The van der Waals surface area contributed by atoms with Crippen molar-refractivity contribution in [3.05, 3.63) is 72.1 Å². The number of aryl methyl sites for hydroxylation is 1. The summed E-state index contributed by atoms with van der Waals surface area (Å²) in [6.07, 6.45) is 4.53. The minimum atomic E-state index is -0.379. The fraction of sp³-hybridized carbons (Fsp3) is 0.240. The summed E-state index contributed by atoms with van der Waals surface area (Å²) >= 11 is 0. The molecule has 3 aromatic heterocycles. The van der Waals surface area contributed by atoms with Gasteiger partial charge in [-0.2, -0.15) is 5.26 Å². The van der Waals surface area contributed by atoms with Crippen LogP contribution in [-0.4, -0.2) is 49.5 Å². The number of nitrogens with zero attached hydrogens (tertiary/aromatic N) is 7. The molecule has 4 aromatic rings. The van der Waals surface area contributed by atoms with Gasteiger partial charge in [0.1, 0.15) is 23.5 Å². The number of esters is 1. The molecule has 182 valence electrons. The fourth-order valence-electron chi connectivity index (χ4n) is 3.61. The second-order valence-corrected chi connectivity index (χ2v) is 7.74. The predicted molar refractivity (Wildman–Crippen MR) is 132 cm³/mol. The Morgan fingerprint density at radius 2 is 2.03 bits per heavy atom. The molecule has 36 heavy (non-hydrogen) atoms. The molecule has 11 nitrogen and oxygen atoms in total. The van der Waals surface area contributed by atoms with Crippen molar-refractivity contribution in [2.45, 2.75) is 19.9 Å². The smallest absolute Gasteiger partial charge is 0.307 e. The molecule has 0 atom stereocenters. The number of carbonyl (C=O) groups is 2. The molecular formula is C25H24N8O3. The molecule has 0 aliphatic rings. The molecule has 0 aliphatic heterocycles. The molecule has 0 radical (unpaired) electrons. The van der Waals surface area contributed by atoms with Crippen LogP contribution in [-0.2, 0) is 23.1 Å². The Hall–Kier alpha value is -4.85. The zero-order valence-electron chi connectivity index (χ0n) is 19.9. The quantitative estimate of drug-likeness (QED) is 0.355. The van der Waals surface area contributed by atoms with Crippen molar-refractivity contribution in [1.29, 1.82) is 5.26 Å². The Balaban J connectivity index is 1.55. The SMILES string of the molecule is CCOC(=O)CCN(C(=O)c1ccc2c(c1)nc(CNc1cnc(C#N)cn1)n2C)c1ccccn1. The zero-order chi connectivity index (χ0) is 25.5. The molecule has 0 bridgehead atoms. The maximum absolute atomic E-state index is 13.5. The number of aromatic nitrogens is 5. The number of pyridine rings is 1. The van der Waals surface area contributed by atoms with E-state index in [9.17, 15) is 9.59 Å². The van der Waals surface area contributed by atoms with E-state index < -0.39 is 0 Å². The van der Waals surface area contributed by atoms with Crippen LogP contribution in [0.25, 0.3) is 11.0 Å². The summed E-state index contributed by atoms with van der Waals surface area (Å²) in [4.78, 5) is 44.0. The molecule has 1 aromatic carbocycles. The van der Waals surface area contributed by atoms with Crippen molar-refractivity contribution in [1.82, 2.24) is 24.5 Å². The molecule has 0 fully saturated rings. The van der Waals surface area contributed by atoms with Gasteiger partial charge in [-0.25, -0.2) is 19.9 Å². The van der Waals surface area contributed by atoms with Crippen LogP contribution in [0.1, 0.15) is 35.2 Å². The predicted octanol–water partition coefficient (Wildman–Crippen LogP) is 2.84. The number of imidazole rings is 1. The number of hydrogen-bond donors (Lipinski definition) is 1. The third-order valence-electron chi connectivity index (χ3n) is 5.43. The number of nitriles is 1. The van der Waals surface area contributed by atoms with Crippen molar-refractivity contribution in [3.63, 3.8) is 0 Å². The van der Waals surface area contributed by atoms with Gasteiger partial charge in [-0.15, -0.1) is 0 Å². The second-order valence-electron chi connectivity index (χ2n) is 7.74. The van der Waals surface area contributed by atoms with Crippen molar-refractivity contribution < 1.29 is 14.3 Å². The molecule has 3 heterocycles. The lowest BCUT2D eigenvalue weighted by molar-refractivity contribution is -0.142. The van der Waals surface area contributed by atoms with Gasteiger partial charge in [0, 0.05) is 25.4 Å². The minimum Gasteiger partial charge on any atom is -0.466 e. The minimum absolute atomic E-state index is 0.0516. The van der Waals surface area contributed by atoms with Crippen molar-refractivity contribution >= 4 is 34.5 Å². The van der Waals surface area contributed by atoms with Crippen LogP contribution < -0.4 is 10.2 Å². The van der Waals surface area contributed by atoms with Gasteiger partial charge in [-0.1, -0.05) is 6.07 Å². The fourth-order valence-corrected chi connectivity index (χ4v) is 3.61. The molecule has 0 aliphatic carbocycles. The summed E-state index contributed by atoms with van der Waals surface area (Å²) in [7, 11) is 1.89. The van der Waals surface area contributed by atoms with Crippen LogP contribution in [0.5, 0.6) is 0 Å². The van der Waals surface area contributed by atoms with Crippen LogP contribution in [0.2, 0.25) is 0 Å². The lowest BCUT2D eigenvalue weighted by Gasteiger charge is -2.21. The summed E-state index contributed by atoms with van der Waals surface area (Å²) in [5.74, 6) is 1.02. The summed E-state index contributed by atoms with van der Waals surface area (Å²) in [6, 6.07) is 12.5. The van der Waals surface area contributed by atoms with Crippen LogP contribution >= 0.6 is 0 Å². The first-order valence-electron chi connectivity index (χ1n) is 11.3. The number of benzene rings is 1. The lowest BCUT2D eigenvalue weighted by atomic mass is 10.1. The molecule has 11 heteroatoms. The van der Waals surface area contributed by atoms with E-state index in [-0.39, 0.29) is 37.1 Å². The van der Waals surface area contributed by atoms with E-state index in [4.69, 9.17) is 10.00 Å². The molecule has 4 rings (SSSR count). The highest BCUT2D eigenvalue weighted by molar-refractivity contribution is 6.07. The molecular weight excluding hydrogens is 460 g/mol. The van der Waals surface area contributed by atoms with Crippen LogP contribution in [0, 0.1) is 11.3 Å². The van der Waals surface area contributed by atoms with Crippen LogP contribution in [0.15, 0.2) is 55.0 Å². The van der Waals surface area contributed by atoms with Gasteiger partial charge in [0.15, 0.2) is 5.69 Å². The van der Waals surface area contributed by atoms with Gasteiger partial charge in [-0.3, -0.25) is 14.5 Å². The molecule has 0 saturated carbocycles. The van der Waals surface area contributed by atoms with E-state index >= 15 is 0 Å². The highest BCUT2D eigenvalue weighted by atomic mass is 16.5. The number of anilines is 2. The Bertz CT molecular complexity index is 1410. The average Bonchev–Trinajstić information content (AvgIpc) is 3.23. The van der Waals surface area contributed by atoms with E-state index in [0.29, 0.717) is 29.3 Å². The first kappa shape index (κ1) is 24.3. The van der Waals surface area contributed by atoms with E-state index in [1.165, 1.54) is 17.3 Å². The van der Waals surface area contributed by atoms with E-state index in [2.05, 4.69) is 25.3 Å². The number of rotatable bonds is 9. The maximum atomic E-state index is 13.5. The summed E-state index contributed by atoms with van der Waals surface area (Å²) < 4.78 is 6.94. The number of hydrogen-bond acceptors (Lipinski definition) is 9. The van der Waals surface area contributed by atoms with E-state index in [0.717, 1.165) is 11.3 Å². The first-order chi connectivity index (χ1) is 17.5. The standard InChI is InChI=1S/C25H24N8O3/c1-3-36-24(34)9-11-33(22-6-4-5-10-27-22)25(35)17-7-8-20-19(12-17)31-23(32(20)2)16-30-21-15-28-18(13-26)14-29-21/h4-8,10,12,14-15H,3,9,11,16H2,1-2H3,(H,29,30). The van der Waals surface area contributed by atoms with Crippen LogP contribution in [0.4, 0.5) is 11.6 Å². The highest BCUT2D eigenvalue weighted by Gasteiger charge is 2.21. The summed E-state index contributed by atoms with van der Waals surface area (Å²) in [5, 5.41) is 12.0. The van der Waals surface area contributed by atoms with Crippen molar-refractivity contribution in [2.75, 3.05) is 23.4 Å². The topological polar surface area (TPSA) is 139 Å². The number of ether oxygens (including phenoxy) is 1. The molecule has 1 amide bonds. The van der Waals surface area contributed by atoms with Gasteiger partial charge in [0.25, 0.3) is 5.91 Å². The van der Waals surface area contributed by atoms with Crippen molar-refractivity contribution in [3.8, 4) is 6.07 Å². The Labute approximate surface area is 207 Å². The second kappa shape index (κ2) is 11.1. The largest absolute Gasteiger partial charge is 0.466 e. The normalized spacial score (nSPS) is 10.6. The Kier molecular flexibility index (Phi) is 7.45. The van der Waals surface area contributed by atoms with E-state index in [1.807, 2.05) is 23.8 Å². The Morgan fingerprint density at radius 1 is 1.17 bits per heavy atom. The van der Waals surface area contributed by atoms with Gasteiger partial charge < -0.3 is 14.6 Å². The third-order valence-corrected chi connectivity index (χ3v) is 5.43. The Morgan fingerprint density at radius 3 is 2.72 bits per heavy atom. The van der Waals surface area contributed by atoms with Gasteiger partial charge in [0.05, 0.1) is 43.0 Å². The van der Waals surface area contributed by atoms with Gasteiger partial charge in [0.2, 0.25) is 0 Å². The summed E-state index contributed by atoms with van der Waals surface area (Å²) in [5.41, 5.74) is 2.16. The molecule has 1 N–H and O–H groups in total. The first-order valence-corrected chi connectivity index (χ1v) is 11.3. The number of nitrogens with one attached hydrogen (secondary N) is 1. The molecule has 0 saturated heterocycles. The molecule has 0 unspecified atom stereocenters. The molecule has 0 spiro atoms. The number of fused-ring (bicyclic) bond motifs is 1. The maximum Gasteiger partial charge on any atom is 0.307 e. The van der Waals surface area contributed by atoms with E-state index in [1.54, 1.807) is 43.5 Å². The number of amides is 1. The van der Waals surface area contributed by atoms with Gasteiger partial charge in [-0.05, 0) is 37.3 Å². The van der Waals surface area contributed by atoms with Crippen LogP contribution in [0.3, 0.4) is 0 Å². The number of carbonyl (C=O) groups excluding carboxylic acids is 2. The monoisotopic (exact) mass is 484 g/mol. The zero-order valence-corrected chi connectivity index (χ0v) is 19.9. The highest BCUT2D eigenvalue weighted by Crippen LogP contribution is 2.21. The van der Waals surface area contributed by atoms with Crippen molar-refractivity contribution in [2.24, 2.45) is 7.05 Å². The lowest BCUT2D eigenvalue weighted by Crippen LogP contribution is -2.34. The van der Waals surface area contributed by atoms with Gasteiger partial charge >= 0.3 is 5.97 Å². The average molecular weight is 485 g/mol. The summed E-state index contributed by atoms with van der Waals surface area (Å²) in [6.45, 7) is 2.52.